The van der Waals surface area contributed by atoms with Gasteiger partial charge in [-0.3, -0.25) is 18.9 Å². The summed E-state index contributed by atoms with van der Waals surface area (Å²) in [5.41, 5.74) is 2.52. The van der Waals surface area contributed by atoms with Gasteiger partial charge in [0, 0.05) is 44.6 Å². The van der Waals surface area contributed by atoms with Gasteiger partial charge >= 0.3 is 0 Å². The second kappa shape index (κ2) is 9.87. The highest BCUT2D eigenvalue weighted by molar-refractivity contribution is 8.26. The first-order chi connectivity index (χ1) is 17.4. The standard InChI is InChI=1S/C26H24FN5O2S2/c1-3-10-32-25(34)21(36-26(32)35)16-20-23(28-22-17(2)5-4-11-31(22)24(20)33)30-14-12-29(13-15-30)19-8-6-18(27)7-9-19/h3-9,11,16H,1,10,12-15H2,2H3. The molecule has 0 aliphatic carbocycles. The fourth-order valence-electron chi connectivity index (χ4n) is 4.41. The molecule has 5 rings (SSSR count). The Hall–Kier alpha value is -3.50. The van der Waals surface area contributed by atoms with E-state index < -0.39 is 0 Å². The smallest absolute Gasteiger partial charge is 0.267 e. The summed E-state index contributed by atoms with van der Waals surface area (Å²) < 4.78 is 15.3. The highest BCUT2D eigenvalue weighted by Gasteiger charge is 2.32. The van der Waals surface area contributed by atoms with Crippen LogP contribution in [0.4, 0.5) is 15.9 Å². The predicted molar refractivity (Wildman–Crippen MR) is 147 cm³/mol. The molecule has 2 aromatic heterocycles. The minimum absolute atomic E-state index is 0.242. The van der Waals surface area contributed by atoms with E-state index in [-0.39, 0.29) is 17.3 Å². The van der Waals surface area contributed by atoms with Crippen LogP contribution in [0.15, 0.2) is 64.9 Å². The van der Waals surface area contributed by atoms with Crippen molar-refractivity contribution in [1.82, 2.24) is 14.3 Å². The number of piperazine rings is 1. The van der Waals surface area contributed by atoms with Gasteiger partial charge in [0.25, 0.3) is 11.5 Å². The third-order valence-electron chi connectivity index (χ3n) is 6.30. The van der Waals surface area contributed by atoms with E-state index in [4.69, 9.17) is 17.2 Å². The van der Waals surface area contributed by atoms with Gasteiger partial charge < -0.3 is 9.80 Å². The molecule has 0 N–H and O–H groups in total. The van der Waals surface area contributed by atoms with E-state index in [1.807, 2.05) is 13.0 Å². The molecule has 10 heteroatoms. The van der Waals surface area contributed by atoms with Gasteiger partial charge in [-0.1, -0.05) is 36.1 Å². The van der Waals surface area contributed by atoms with E-state index >= 15 is 0 Å². The Morgan fingerprint density at radius 1 is 1.11 bits per heavy atom. The summed E-state index contributed by atoms with van der Waals surface area (Å²) in [6.45, 7) is 8.51. The van der Waals surface area contributed by atoms with Crippen molar-refractivity contribution in [2.75, 3.05) is 42.5 Å². The van der Waals surface area contributed by atoms with Gasteiger partial charge in [-0.15, -0.1) is 6.58 Å². The number of aromatic nitrogens is 2. The Morgan fingerprint density at radius 2 is 1.81 bits per heavy atom. The lowest BCUT2D eigenvalue weighted by molar-refractivity contribution is -0.121. The summed E-state index contributed by atoms with van der Waals surface area (Å²) in [4.78, 5) is 37.7. The van der Waals surface area contributed by atoms with Crippen LogP contribution < -0.4 is 15.4 Å². The summed E-state index contributed by atoms with van der Waals surface area (Å²) in [7, 11) is 0. The number of fused-ring (bicyclic) bond motifs is 1. The third kappa shape index (κ3) is 4.42. The van der Waals surface area contributed by atoms with Crippen LogP contribution in [-0.4, -0.2) is 57.2 Å². The average molecular weight is 522 g/mol. The molecule has 0 bridgehead atoms. The molecule has 0 spiro atoms. The summed E-state index contributed by atoms with van der Waals surface area (Å²) in [5, 5.41) is 0. The minimum Gasteiger partial charge on any atom is -0.368 e. The molecule has 2 fully saturated rings. The molecule has 2 saturated heterocycles. The van der Waals surface area contributed by atoms with Crippen LogP contribution in [0.2, 0.25) is 0 Å². The molecule has 0 atom stereocenters. The quantitative estimate of drug-likeness (QED) is 0.287. The van der Waals surface area contributed by atoms with Gasteiger partial charge in [-0.25, -0.2) is 9.37 Å². The van der Waals surface area contributed by atoms with Crippen LogP contribution in [-0.2, 0) is 4.79 Å². The second-order valence-electron chi connectivity index (χ2n) is 8.57. The third-order valence-corrected chi connectivity index (χ3v) is 7.67. The van der Waals surface area contributed by atoms with Crippen molar-refractivity contribution in [3.05, 3.63) is 87.5 Å². The lowest BCUT2D eigenvalue weighted by Gasteiger charge is -2.37. The zero-order valence-corrected chi connectivity index (χ0v) is 21.3. The van der Waals surface area contributed by atoms with E-state index in [0.717, 1.165) is 11.3 Å². The topological polar surface area (TPSA) is 61.2 Å². The van der Waals surface area contributed by atoms with Gasteiger partial charge in [0.2, 0.25) is 0 Å². The number of carbonyl (C=O) groups is 1. The van der Waals surface area contributed by atoms with Crippen LogP contribution in [0.1, 0.15) is 11.1 Å². The lowest BCUT2D eigenvalue weighted by Crippen LogP contribution is -2.47. The average Bonchev–Trinajstić information content (AvgIpc) is 3.14. The molecule has 184 valence electrons. The molecule has 0 unspecified atom stereocenters. The molecule has 36 heavy (non-hydrogen) atoms. The maximum absolute atomic E-state index is 13.7. The molecule has 1 aromatic carbocycles. The molecule has 3 aromatic rings. The Labute approximate surface area is 217 Å². The number of rotatable bonds is 5. The zero-order chi connectivity index (χ0) is 25.4. The van der Waals surface area contributed by atoms with E-state index in [1.165, 1.54) is 33.2 Å². The number of benzene rings is 1. The van der Waals surface area contributed by atoms with Gasteiger partial charge in [-0.2, -0.15) is 0 Å². The van der Waals surface area contributed by atoms with Gasteiger partial charge in [-0.05, 0) is 48.9 Å². The van der Waals surface area contributed by atoms with Crippen molar-refractivity contribution < 1.29 is 9.18 Å². The molecule has 2 aliphatic rings. The number of halogens is 1. The van der Waals surface area contributed by atoms with Crippen molar-refractivity contribution in [1.29, 1.82) is 0 Å². The van der Waals surface area contributed by atoms with Crippen LogP contribution in [0.25, 0.3) is 11.7 Å². The number of aryl methyl sites for hydroxylation is 1. The number of anilines is 2. The fraction of sp³-hybridized carbons (Fsp3) is 0.231. The maximum Gasteiger partial charge on any atom is 0.267 e. The molecular formula is C26H24FN5O2S2. The van der Waals surface area contributed by atoms with Crippen LogP contribution in [0.5, 0.6) is 0 Å². The molecule has 0 radical (unpaired) electrons. The largest absolute Gasteiger partial charge is 0.368 e. The van der Waals surface area contributed by atoms with E-state index in [9.17, 15) is 14.0 Å². The molecule has 7 nitrogen and oxygen atoms in total. The van der Waals surface area contributed by atoms with E-state index in [0.29, 0.717) is 59.0 Å². The minimum atomic E-state index is -0.267. The maximum atomic E-state index is 13.7. The zero-order valence-electron chi connectivity index (χ0n) is 19.7. The molecule has 1 amide bonds. The second-order valence-corrected chi connectivity index (χ2v) is 10.2. The summed E-state index contributed by atoms with van der Waals surface area (Å²) in [6, 6.07) is 10.2. The first kappa shape index (κ1) is 24.2. The number of thioether (sulfide) groups is 1. The number of thiocarbonyl (C=S) groups is 1. The molecular weight excluding hydrogens is 497 g/mol. The normalized spacial score (nSPS) is 17.5. The number of carbonyl (C=O) groups excluding carboxylic acids is 1. The number of hydrogen-bond donors (Lipinski definition) is 0. The van der Waals surface area contributed by atoms with E-state index in [2.05, 4.69) is 16.4 Å². The first-order valence-corrected chi connectivity index (χ1v) is 12.7. The Bertz CT molecular complexity index is 1460. The number of nitrogens with zero attached hydrogens (tertiary/aromatic N) is 5. The molecule has 4 heterocycles. The van der Waals surface area contributed by atoms with Crippen LogP contribution in [0.3, 0.4) is 0 Å². The van der Waals surface area contributed by atoms with Crippen molar-refractivity contribution in [2.45, 2.75) is 6.92 Å². The number of pyridine rings is 1. The summed E-state index contributed by atoms with van der Waals surface area (Å²) in [6.07, 6.45) is 4.93. The SMILES string of the molecule is C=CCN1C(=O)C(=Cc2c(N3CCN(c4ccc(F)cc4)CC3)nc3c(C)cccn3c2=O)SC1=S. The summed E-state index contributed by atoms with van der Waals surface area (Å²) >= 11 is 6.55. The predicted octanol–water partition coefficient (Wildman–Crippen LogP) is 3.86. The van der Waals surface area contributed by atoms with Crippen LogP contribution >= 0.6 is 24.0 Å². The number of amides is 1. The van der Waals surface area contributed by atoms with Crippen molar-refractivity contribution in [3.8, 4) is 0 Å². The van der Waals surface area contributed by atoms with Crippen molar-refractivity contribution in [3.63, 3.8) is 0 Å². The fourth-order valence-corrected chi connectivity index (χ4v) is 5.67. The van der Waals surface area contributed by atoms with Crippen molar-refractivity contribution >= 4 is 57.4 Å². The van der Waals surface area contributed by atoms with Crippen molar-refractivity contribution in [2.24, 2.45) is 0 Å². The summed E-state index contributed by atoms with van der Waals surface area (Å²) in [5.74, 6) is 0.0319. The highest BCUT2D eigenvalue weighted by atomic mass is 32.2. The van der Waals surface area contributed by atoms with Gasteiger partial charge in [0.15, 0.2) is 0 Å². The molecule has 0 saturated carbocycles. The highest BCUT2D eigenvalue weighted by Crippen LogP contribution is 2.33. The lowest BCUT2D eigenvalue weighted by atomic mass is 10.2. The molecule has 2 aliphatic heterocycles. The Balaban J connectivity index is 1.54. The Morgan fingerprint density at radius 3 is 2.50 bits per heavy atom. The first-order valence-electron chi connectivity index (χ1n) is 11.5. The Kier molecular flexibility index (Phi) is 6.63. The van der Waals surface area contributed by atoms with Crippen LogP contribution in [0, 0.1) is 12.7 Å². The van der Waals surface area contributed by atoms with E-state index in [1.54, 1.807) is 36.5 Å². The van der Waals surface area contributed by atoms with Gasteiger partial charge in [0.1, 0.15) is 21.6 Å². The van der Waals surface area contributed by atoms with Gasteiger partial charge in [0.05, 0.1) is 10.5 Å². The monoisotopic (exact) mass is 521 g/mol. The number of hydrogen-bond acceptors (Lipinski definition) is 7.